The average Bonchev–Trinajstić information content (AvgIpc) is 1.12. The molecule has 0 aromatic carbocycles. The monoisotopic (exact) mass is 418 g/mol. The van der Waals surface area contributed by atoms with Crippen LogP contribution in [0, 0.1) is 0 Å². The van der Waals surface area contributed by atoms with Gasteiger partial charge in [-0.05, 0) is 0 Å². The molecular weight excluding hydrogens is 417 g/mol. The Hall–Kier alpha value is 6.33. The maximum Gasteiger partial charge on any atom is 2.00 e. The quantitative estimate of drug-likeness (QED) is 0.336. The van der Waals surface area contributed by atoms with Crippen LogP contribution in [0.3, 0.4) is 0 Å². The Balaban J connectivity index is -0.00000000762. The van der Waals surface area contributed by atoms with Crippen molar-refractivity contribution in [1.29, 1.82) is 0 Å². The Kier molecular flexibility index (Phi) is 101. The first-order chi connectivity index (χ1) is 4.00. The van der Waals surface area contributed by atoms with E-state index in [1.807, 2.05) is 0 Å². The molecule has 0 aromatic heterocycles. The molecule has 0 unspecified atom stereocenters. The van der Waals surface area contributed by atoms with Gasteiger partial charge in [-0.2, -0.15) is 0 Å². The first kappa shape index (κ1) is 56.6. The summed E-state index contributed by atoms with van der Waals surface area (Å²) in [5, 5.41) is 0. The molecule has 0 radical (unpaired) electrons. The molecule has 0 aliphatic carbocycles. The molecule has 80 valence electrons. The third-order valence-corrected chi connectivity index (χ3v) is 0. The van der Waals surface area contributed by atoms with Gasteiger partial charge in [0.05, 0.1) is 0 Å². The maximum atomic E-state index is 8.58. The van der Waals surface area contributed by atoms with Gasteiger partial charge in [-0.1, -0.05) is 0 Å². The fourth-order valence-corrected chi connectivity index (χ4v) is 0. The number of hydrogen-bond acceptors (Lipinski definition) is 10. The van der Waals surface area contributed by atoms with Crippen molar-refractivity contribution in [3.8, 4) is 0 Å². The van der Waals surface area contributed by atoms with Crippen LogP contribution in [-0.4, -0.2) is 218 Å². The topological polar surface area (TPSA) is 244 Å². The van der Waals surface area contributed by atoms with Crippen LogP contribution in [0.25, 0.3) is 0 Å². The summed E-state index contributed by atoms with van der Waals surface area (Å²) >= 11 is 0. The van der Waals surface area contributed by atoms with E-state index in [1.54, 1.807) is 0 Å². The molecule has 0 rings (SSSR count). The summed E-state index contributed by atoms with van der Waals surface area (Å²) < 4.78 is 0. The van der Waals surface area contributed by atoms with E-state index in [9.17, 15) is 0 Å². The molecule has 17 heavy (non-hydrogen) atoms. The second-order valence-electron chi connectivity index (χ2n) is 1.00. The molecule has 0 heterocycles. The van der Waals surface area contributed by atoms with Crippen molar-refractivity contribution >= 4 is 207 Å². The van der Waals surface area contributed by atoms with Gasteiger partial charge in [0.2, 0.25) is 0 Å². The van der Waals surface area contributed by atoms with Gasteiger partial charge in [-0.25, -0.2) is 0 Å². The summed E-state index contributed by atoms with van der Waals surface area (Å²) in [6.07, 6.45) is 0. The molecule has 0 saturated carbocycles. The Morgan fingerprint density at radius 3 is 0.353 bits per heavy atom. The standard InChI is InChI=1S/5Ca.2O4Si.2H2O/c;;;;;2*1-5(2,3)4;;/h;;;;;;;2*1H2/q5*+2;2*-4;;/p-2. The smallest absolute Gasteiger partial charge is 0.894 e. The zero-order valence-corrected chi connectivity index (χ0v) is 21.7. The van der Waals surface area contributed by atoms with Crippen molar-refractivity contribution < 1.29 is 49.3 Å². The molecule has 10 nitrogen and oxygen atoms in total. The van der Waals surface area contributed by atoms with Crippen molar-refractivity contribution in [3.05, 3.63) is 0 Å². The number of hydrogen-bond donors (Lipinski definition) is 0. The Bertz CT molecular complexity index is 65.7. The van der Waals surface area contributed by atoms with Crippen molar-refractivity contribution in [2.24, 2.45) is 0 Å². The van der Waals surface area contributed by atoms with Gasteiger partial charge in [-0.3, -0.25) is 0 Å². The summed E-state index contributed by atoms with van der Waals surface area (Å²) in [6, 6.07) is 0. The first-order valence-corrected chi connectivity index (χ1v) is 4.90. The minimum Gasteiger partial charge on any atom is -0.894 e. The van der Waals surface area contributed by atoms with E-state index in [0.717, 1.165) is 0 Å². The molecule has 0 amide bonds. The van der Waals surface area contributed by atoms with Crippen LogP contribution >= 0.6 is 0 Å². The summed E-state index contributed by atoms with van der Waals surface area (Å²) in [7, 11) is -11.2. The van der Waals surface area contributed by atoms with E-state index in [2.05, 4.69) is 0 Å². The summed E-state index contributed by atoms with van der Waals surface area (Å²) in [5.41, 5.74) is 0. The molecule has 0 aromatic rings. The van der Waals surface area contributed by atoms with E-state index in [0.29, 0.717) is 0 Å². The van der Waals surface area contributed by atoms with Gasteiger partial charge in [0, 0.05) is 0 Å². The molecule has 0 fully saturated rings. The van der Waals surface area contributed by atoms with E-state index in [4.69, 9.17) is 38.4 Å². The maximum absolute atomic E-state index is 8.58. The van der Waals surface area contributed by atoms with Gasteiger partial charge in [0.15, 0.2) is 0 Å². The zero-order valence-electron chi connectivity index (χ0n) is 8.70. The van der Waals surface area contributed by atoms with Gasteiger partial charge >= 0.3 is 189 Å². The van der Waals surface area contributed by atoms with Gasteiger partial charge < -0.3 is 67.4 Å². The van der Waals surface area contributed by atoms with Crippen molar-refractivity contribution in [2.45, 2.75) is 0 Å². The average molecular weight is 419 g/mol. The summed E-state index contributed by atoms with van der Waals surface area (Å²) in [4.78, 5) is 68.6. The Labute approximate surface area is 249 Å². The third kappa shape index (κ3) is 230. The minimum atomic E-state index is -5.61. The van der Waals surface area contributed by atoms with E-state index < -0.39 is 18.1 Å². The van der Waals surface area contributed by atoms with Gasteiger partial charge in [-0.15, -0.1) is 0 Å². The number of rotatable bonds is 0. The van der Waals surface area contributed by atoms with Crippen LogP contribution < -0.4 is 38.4 Å². The molecule has 0 aliphatic rings. The molecular formula is H2Ca5O10Si2. The van der Waals surface area contributed by atoms with E-state index in [-0.39, 0.29) is 200 Å². The van der Waals surface area contributed by atoms with Crippen LogP contribution in [0.15, 0.2) is 0 Å². The summed E-state index contributed by atoms with van der Waals surface area (Å²) in [5.74, 6) is 0. The summed E-state index contributed by atoms with van der Waals surface area (Å²) in [6.45, 7) is 0. The fourth-order valence-electron chi connectivity index (χ4n) is 0. The second kappa shape index (κ2) is 30.2. The van der Waals surface area contributed by atoms with Crippen molar-refractivity contribution in [3.63, 3.8) is 0 Å². The Morgan fingerprint density at radius 1 is 0.353 bits per heavy atom. The van der Waals surface area contributed by atoms with Crippen LogP contribution in [0.2, 0.25) is 0 Å². The second-order valence-corrected chi connectivity index (χ2v) is 3.00. The van der Waals surface area contributed by atoms with Crippen molar-refractivity contribution in [1.82, 2.24) is 0 Å². The molecule has 17 heteroatoms. The van der Waals surface area contributed by atoms with Crippen LogP contribution in [0.5, 0.6) is 0 Å². The predicted octanol–water partition coefficient (Wildman–Crippen LogP) is -12.5. The molecule has 0 spiro atoms. The minimum absolute atomic E-state index is 0. The van der Waals surface area contributed by atoms with Crippen LogP contribution in [0.4, 0.5) is 0 Å². The zero-order chi connectivity index (χ0) is 9.00. The normalized spacial score (nSPS) is 7.06. The fraction of sp³-hybridized carbons (Fsp3) is 0. The van der Waals surface area contributed by atoms with Crippen molar-refractivity contribution in [2.75, 3.05) is 0 Å². The van der Waals surface area contributed by atoms with Gasteiger partial charge in [0.25, 0.3) is 0 Å². The SMILES string of the molecule is [Ca+2].[Ca+2].[Ca+2].[Ca+2].[Ca+2].[O-][Si]([O-])([O-])[O-].[O-][Si]([O-])([O-])[O-].[OH-].[OH-]. The van der Waals surface area contributed by atoms with E-state index in [1.165, 1.54) is 0 Å². The van der Waals surface area contributed by atoms with E-state index >= 15 is 0 Å². The molecule has 0 bridgehead atoms. The van der Waals surface area contributed by atoms with Gasteiger partial charge in [0.1, 0.15) is 0 Å². The predicted molar refractivity (Wildman–Crippen MR) is 44.1 cm³/mol. The first-order valence-electron chi connectivity index (χ1n) is 1.63. The molecule has 0 aliphatic heterocycles. The molecule has 0 atom stereocenters. The molecule has 0 saturated heterocycles. The van der Waals surface area contributed by atoms with Crippen LogP contribution in [0.1, 0.15) is 0 Å². The third-order valence-electron chi connectivity index (χ3n) is 0. The largest absolute Gasteiger partial charge is 2.00 e. The Morgan fingerprint density at radius 2 is 0.353 bits per heavy atom. The van der Waals surface area contributed by atoms with Crippen LogP contribution in [-0.2, 0) is 0 Å². The molecule has 2 N–H and O–H groups in total.